The van der Waals surface area contributed by atoms with Crippen molar-refractivity contribution in [2.24, 2.45) is 0 Å². The molecule has 0 bridgehead atoms. The highest BCUT2D eigenvalue weighted by molar-refractivity contribution is 5.87. The van der Waals surface area contributed by atoms with E-state index in [-0.39, 0.29) is 6.42 Å². The largest absolute Gasteiger partial charge is 0.469 e. The minimum atomic E-state index is -0.490. The molecule has 2 aromatic rings. The third kappa shape index (κ3) is 2.78. The van der Waals surface area contributed by atoms with Crippen LogP contribution in [-0.2, 0) is 22.5 Å². The zero-order chi connectivity index (χ0) is 17.4. The van der Waals surface area contributed by atoms with Gasteiger partial charge in [-0.05, 0) is 38.5 Å². The van der Waals surface area contributed by atoms with E-state index >= 15 is 0 Å². The minimum Gasteiger partial charge on any atom is -0.469 e. The van der Waals surface area contributed by atoms with Crippen LogP contribution in [0, 0.1) is 6.92 Å². The molecular weight excluding hydrogens is 310 g/mol. The van der Waals surface area contributed by atoms with E-state index in [1.807, 2.05) is 19.1 Å². The number of aryl methyl sites for hydroxylation is 1. The van der Waals surface area contributed by atoms with Gasteiger partial charge in [0.25, 0.3) is 0 Å². The Hall–Kier alpha value is -2.34. The van der Waals surface area contributed by atoms with E-state index in [4.69, 9.17) is 9.15 Å². The number of quaternary nitrogens is 1. The molecule has 1 unspecified atom stereocenters. The Morgan fingerprint density at radius 1 is 1.38 bits per heavy atom. The molecule has 0 saturated carbocycles. The molecule has 0 spiro atoms. The normalized spacial score (nSPS) is 16.8. The number of benzene rings is 1. The highest BCUT2D eigenvalue weighted by atomic mass is 16.5. The average Bonchev–Trinajstić information content (AvgIpc) is 2.57. The Bertz CT molecular complexity index is 853. The Balaban J connectivity index is 2.15. The number of carbonyl (C=O) groups is 1. The summed E-state index contributed by atoms with van der Waals surface area (Å²) in [7, 11) is 1.30. The van der Waals surface area contributed by atoms with Gasteiger partial charge >= 0.3 is 11.6 Å². The lowest BCUT2D eigenvalue weighted by molar-refractivity contribution is -0.952. The summed E-state index contributed by atoms with van der Waals surface area (Å²) in [6.45, 7) is 7.43. The van der Waals surface area contributed by atoms with Gasteiger partial charge in [-0.3, -0.25) is 9.69 Å². The lowest BCUT2D eigenvalue weighted by Crippen LogP contribution is -3.15. The van der Waals surface area contributed by atoms with Gasteiger partial charge in [0.15, 0.2) is 5.58 Å². The quantitative estimate of drug-likeness (QED) is 0.670. The second-order valence-electron chi connectivity index (χ2n) is 6.44. The monoisotopic (exact) mass is 332 g/mol. The molecular formula is C18H22NO5+. The second kappa shape index (κ2) is 6.28. The average molecular weight is 332 g/mol. The second-order valence-corrected chi connectivity index (χ2v) is 6.44. The molecule has 1 aromatic carbocycles. The van der Waals surface area contributed by atoms with Crippen LogP contribution in [0.3, 0.4) is 0 Å². The third-order valence-corrected chi connectivity index (χ3v) is 4.70. The zero-order valence-corrected chi connectivity index (χ0v) is 14.4. The van der Waals surface area contributed by atoms with Crippen molar-refractivity contribution in [1.29, 1.82) is 0 Å². The third-order valence-electron chi connectivity index (χ3n) is 4.70. The number of esters is 1. The van der Waals surface area contributed by atoms with Crippen LogP contribution in [-0.4, -0.2) is 25.9 Å². The van der Waals surface area contributed by atoms with Gasteiger partial charge in [-0.2, -0.15) is 0 Å². The van der Waals surface area contributed by atoms with E-state index in [0.29, 0.717) is 23.9 Å². The lowest BCUT2D eigenvalue weighted by Gasteiger charge is -2.29. The molecule has 1 aliphatic heterocycles. The Morgan fingerprint density at radius 3 is 2.79 bits per heavy atom. The minimum absolute atomic E-state index is 0.0858. The van der Waals surface area contributed by atoms with Gasteiger partial charge in [0, 0.05) is 5.39 Å². The van der Waals surface area contributed by atoms with Gasteiger partial charge in [0.2, 0.25) is 6.73 Å². The van der Waals surface area contributed by atoms with Crippen LogP contribution in [0.5, 0.6) is 5.75 Å². The topological polar surface area (TPSA) is 70.2 Å². The predicted molar refractivity (Wildman–Crippen MR) is 88.2 cm³/mol. The van der Waals surface area contributed by atoms with Gasteiger partial charge in [-0.25, -0.2) is 4.79 Å². The van der Waals surface area contributed by atoms with Crippen molar-refractivity contribution < 1.29 is 23.6 Å². The Labute approximate surface area is 140 Å². The summed E-state index contributed by atoms with van der Waals surface area (Å²) >= 11 is 0. The highest BCUT2D eigenvalue weighted by Gasteiger charge is 2.27. The number of rotatable bonds is 3. The first-order valence-electron chi connectivity index (χ1n) is 8.04. The van der Waals surface area contributed by atoms with Crippen LogP contribution in [0.25, 0.3) is 11.0 Å². The van der Waals surface area contributed by atoms with Gasteiger partial charge in [-0.15, -0.1) is 0 Å². The van der Waals surface area contributed by atoms with Crippen LogP contribution < -0.4 is 15.3 Å². The molecule has 0 amide bonds. The van der Waals surface area contributed by atoms with Gasteiger partial charge in [-0.1, -0.05) is 0 Å². The molecule has 6 nitrogen and oxygen atoms in total. The van der Waals surface area contributed by atoms with E-state index in [9.17, 15) is 9.59 Å². The van der Waals surface area contributed by atoms with E-state index in [1.165, 1.54) is 12.0 Å². The molecule has 1 N–H and O–H groups in total. The maximum atomic E-state index is 12.4. The first kappa shape index (κ1) is 16.5. The summed E-state index contributed by atoms with van der Waals surface area (Å²) in [6.07, 6.45) is -0.0858. The van der Waals surface area contributed by atoms with Crippen LogP contribution in [0.15, 0.2) is 21.3 Å². The first-order chi connectivity index (χ1) is 11.4. The summed E-state index contributed by atoms with van der Waals surface area (Å²) in [5, 5.41) is 0.834. The number of methoxy groups -OCH3 is 1. The number of hydrogen-bond acceptors (Lipinski definition) is 5. The standard InChI is InChI=1S/C18H21NO5/c1-10(2)19-8-14-15(23-9-19)6-5-12-11(3)13(7-16(20)22-4)18(21)24-17(12)14/h5-6,10H,7-9H2,1-4H3/p+1. The molecule has 0 saturated heterocycles. The molecule has 6 heteroatoms. The maximum Gasteiger partial charge on any atom is 0.340 e. The van der Waals surface area contributed by atoms with Crippen LogP contribution in [0.4, 0.5) is 0 Å². The number of fused-ring (bicyclic) bond motifs is 3. The van der Waals surface area contributed by atoms with Crippen molar-refractivity contribution in [3.8, 4) is 5.75 Å². The smallest absolute Gasteiger partial charge is 0.340 e. The van der Waals surface area contributed by atoms with Crippen molar-refractivity contribution >= 4 is 16.9 Å². The van der Waals surface area contributed by atoms with Crippen molar-refractivity contribution in [3.05, 3.63) is 39.2 Å². The first-order valence-corrected chi connectivity index (χ1v) is 8.04. The molecule has 1 aromatic heterocycles. The van der Waals surface area contributed by atoms with E-state index in [2.05, 4.69) is 18.6 Å². The fraction of sp³-hybridized carbons (Fsp3) is 0.444. The lowest BCUT2D eigenvalue weighted by atomic mass is 10.00. The predicted octanol–water partition coefficient (Wildman–Crippen LogP) is 0.960. The van der Waals surface area contributed by atoms with Gasteiger partial charge in [0.1, 0.15) is 12.3 Å². The molecule has 0 aliphatic carbocycles. The van der Waals surface area contributed by atoms with Gasteiger partial charge < -0.3 is 13.9 Å². The van der Waals surface area contributed by atoms with Gasteiger partial charge in [0.05, 0.1) is 30.7 Å². The maximum absolute atomic E-state index is 12.4. The SMILES string of the molecule is COC(=O)Cc1c(C)c2ccc3c(c2oc1=O)C[NH+](C(C)C)CO3. The summed E-state index contributed by atoms with van der Waals surface area (Å²) in [5.74, 6) is 0.302. The molecule has 1 aliphatic rings. The molecule has 3 rings (SSSR count). The number of hydrogen-bond donors (Lipinski definition) is 1. The Kier molecular flexibility index (Phi) is 4.32. The molecule has 1 atom stereocenters. The molecule has 128 valence electrons. The molecule has 0 fully saturated rings. The van der Waals surface area contributed by atoms with E-state index < -0.39 is 11.6 Å². The number of nitrogens with one attached hydrogen (secondary N) is 1. The summed E-state index contributed by atoms with van der Waals surface area (Å²) < 4.78 is 16.1. The molecule has 24 heavy (non-hydrogen) atoms. The van der Waals surface area contributed by atoms with E-state index in [1.54, 1.807) is 0 Å². The summed E-state index contributed by atoms with van der Waals surface area (Å²) in [4.78, 5) is 25.2. The van der Waals surface area contributed by atoms with Crippen molar-refractivity contribution in [1.82, 2.24) is 0 Å². The van der Waals surface area contributed by atoms with Crippen LogP contribution in [0.2, 0.25) is 0 Å². The summed E-state index contributed by atoms with van der Waals surface area (Å²) in [5.41, 5.74) is 2.08. The number of ether oxygens (including phenoxy) is 2. The van der Waals surface area contributed by atoms with Crippen LogP contribution in [0.1, 0.15) is 30.5 Å². The van der Waals surface area contributed by atoms with E-state index in [0.717, 1.165) is 28.8 Å². The zero-order valence-electron chi connectivity index (χ0n) is 14.4. The number of carbonyl (C=O) groups excluding carboxylic acids is 1. The highest BCUT2D eigenvalue weighted by Crippen LogP contribution is 2.30. The fourth-order valence-corrected chi connectivity index (χ4v) is 3.03. The summed E-state index contributed by atoms with van der Waals surface area (Å²) in [6, 6.07) is 4.19. The van der Waals surface area contributed by atoms with Crippen molar-refractivity contribution in [3.63, 3.8) is 0 Å². The van der Waals surface area contributed by atoms with Crippen molar-refractivity contribution in [2.45, 2.75) is 39.8 Å². The fourth-order valence-electron chi connectivity index (χ4n) is 3.03. The van der Waals surface area contributed by atoms with Crippen molar-refractivity contribution in [2.75, 3.05) is 13.8 Å². The Morgan fingerprint density at radius 2 is 2.12 bits per heavy atom. The molecule has 0 radical (unpaired) electrons. The van der Waals surface area contributed by atoms with Crippen LogP contribution >= 0.6 is 0 Å². The molecule has 2 heterocycles.